The summed E-state index contributed by atoms with van der Waals surface area (Å²) in [6.45, 7) is 16.0. The molecular formula is C87H92K2N2O3Si. The number of hydrogen-bond donors (Lipinski definition) is 0. The molecule has 0 atom stereocenters. The molecule has 0 N–H and O–H groups in total. The van der Waals surface area contributed by atoms with Gasteiger partial charge in [0.2, 0.25) is 0 Å². The number of terminal acetylenes is 1. The Kier molecular flexibility index (Phi) is 29.2. The average molecular weight is 1320 g/mol. The van der Waals surface area contributed by atoms with Crippen molar-refractivity contribution < 1.29 is 119 Å². The average Bonchev–Trinajstić information content (AvgIpc) is 1.57. The number of nitrogens with zero attached hydrogens (tertiary/aromatic N) is 2. The van der Waals surface area contributed by atoms with Crippen molar-refractivity contribution in [2.24, 2.45) is 0 Å². The Morgan fingerprint density at radius 1 is 0.421 bits per heavy atom. The Hall–Kier alpha value is -6.16. The number of para-hydroxylation sites is 4. The quantitative estimate of drug-likeness (QED) is 0.0236. The molecule has 2 aliphatic carbocycles. The van der Waals surface area contributed by atoms with E-state index in [0.29, 0.717) is 0 Å². The zero-order valence-corrected chi connectivity index (χ0v) is 64.1. The second-order valence-electron chi connectivity index (χ2n) is 25.6. The molecule has 0 saturated carbocycles. The zero-order valence-electron chi connectivity index (χ0n) is 57.9. The molecule has 0 bridgehead atoms. The number of fused-ring (bicyclic) bond motifs is 6. The van der Waals surface area contributed by atoms with Crippen LogP contribution in [0.2, 0.25) is 19.6 Å². The predicted molar refractivity (Wildman–Crippen MR) is 397 cm³/mol. The van der Waals surface area contributed by atoms with Crippen molar-refractivity contribution in [1.29, 1.82) is 0 Å². The van der Waals surface area contributed by atoms with Gasteiger partial charge in [0.25, 0.3) is 6.47 Å². The third-order valence-electron chi connectivity index (χ3n) is 18.3. The van der Waals surface area contributed by atoms with Crippen molar-refractivity contribution in [2.75, 3.05) is 9.80 Å². The van der Waals surface area contributed by atoms with Crippen LogP contribution in [0.25, 0.3) is 44.5 Å². The Morgan fingerprint density at radius 3 is 0.989 bits per heavy atom. The SMILES string of the molecule is C.C#Cc1ccc2c(c1)C(CCCC)(CCCC)c1cc(-c3ccc(N(c4ccccc4)c4ccccc4)cc3)ccc1-2.CCCCC1(CCCC)c2cc(C#C[Si](C)(C)C)ccc2-c2ccc(-c3ccc(N(c4ccccc4)c4ccccc4)cc3)cc21.O=CO[O-].[H-].[K+].[K+]. The molecule has 0 fully saturated rings. The predicted octanol–water partition coefficient (Wildman–Crippen LogP) is 17.3. The maximum atomic E-state index is 8.64. The number of anilines is 6. The minimum atomic E-state index is -1.47. The molecule has 0 spiro atoms. The van der Waals surface area contributed by atoms with Crippen LogP contribution in [0.5, 0.6) is 0 Å². The van der Waals surface area contributed by atoms with E-state index in [-0.39, 0.29) is 129 Å². The number of carbonyl (C=O) groups is 1. The molecule has 10 aromatic carbocycles. The van der Waals surface area contributed by atoms with Crippen molar-refractivity contribution in [1.82, 2.24) is 0 Å². The van der Waals surface area contributed by atoms with Crippen molar-refractivity contribution in [2.45, 2.75) is 143 Å². The van der Waals surface area contributed by atoms with Crippen LogP contribution in [0.15, 0.2) is 243 Å². The summed E-state index contributed by atoms with van der Waals surface area (Å²) in [5.41, 5.74) is 29.2. The van der Waals surface area contributed by atoms with Gasteiger partial charge in [0.05, 0.1) is 0 Å². The Morgan fingerprint density at radius 2 is 0.695 bits per heavy atom. The van der Waals surface area contributed by atoms with Gasteiger partial charge in [-0.1, -0.05) is 251 Å². The van der Waals surface area contributed by atoms with Crippen molar-refractivity contribution in [3.8, 4) is 68.3 Å². The second kappa shape index (κ2) is 36.4. The smallest absolute Gasteiger partial charge is 1.00 e. The third kappa shape index (κ3) is 17.8. The van der Waals surface area contributed by atoms with Crippen LogP contribution in [0.4, 0.5) is 34.1 Å². The van der Waals surface area contributed by atoms with Crippen LogP contribution in [0.1, 0.15) is 147 Å². The van der Waals surface area contributed by atoms with Gasteiger partial charge in [-0.15, -0.1) is 12.0 Å². The molecule has 0 unspecified atom stereocenters. The molecule has 0 aliphatic heterocycles. The first kappa shape index (κ1) is 76.2. The molecule has 12 rings (SSSR count). The molecule has 10 aromatic rings. The van der Waals surface area contributed by atoms with E-state index < -0.39 is 8.07 Å². The Bertz CT molecular complexity index is 4080. The summed E-state index contributed by atoms with van der Waals surface area (Å²) in [4.78, 5) is 15.9. The van der Waals surface area contributed by atoms with Gasteiger partial charge in [-0.05, 0) is 202 Å². The van der Waals surface area contributed by atoms with E-state index in [2.05, 4.69) is 322 Å². The van der Waals surface area contributed by atoms with Crippen LogP contribution in [0.3, 0.4) is 0 Å². The first-order valence-electron chi connectivity index (χ1n) is 33.2. The third-order valence-corrected chi connectivity index (χ3v) is 19.2. The Labute approximate surface area is 656 Å². The fourth-order valence-electron chi connectivity index (χ4n) is 13.8. The minimum Gasteiger partial charge on any atom is -1.00 e. The van der Waals surface area contributed by atoms with Crippen LogP contribution in [-0.4, -0.2) is 14.5 Å². The molecule has 0 heterocycles. The first-order chi connectivity index (χ1) is 44.9. The standard InChI is InChI=1S/C44H47NSi.C41H39N.CH2O3.CH4.2K.H/c1-6-8-29-44(30-9-7-2)42-32-34(28-31-46(3,4)5)20-26-40(42)41-27-23-36(33-43(41)44)35-21-24-39(25-22-35)45(37-16-12-10-13-17-37)38-18-14-11-15-19-38;1-4-7-27-41(28-8-5-2)39-29-31(6-3)19-25-37(39)38-26-22-33(30-40(38)41)32-20-23-36(24-21-32)42(34-15-11-9-12-16-34)35-17-13-10-14-18-35;2-1-4-3;;;;/h10-27,32-33H,6-9,29-30H2,1-5H3;3,9-26,29-30H,4-5,7-8,27-28H2,1-2H3;1,3H;1H4;;;/q;;;;2*+1;-1/p-1. The van der Waals surface area contributed by atoms with Gasteiger partial charge in [0.15, 0.2) is 0 Å². The van der Waals surface area contributed by atoms with Crippen molar-refractivity contribution in [3.63, 3.8) is 0 Å². The van der Waals surface area contributed by atoms with Gasteiger partial charge < -0.3 is 21.4 Å². The molecular weight excluding hydrogens is 1230 g/mol. The van der Waals surface area contributed by atoms with E-state index >= 15 is 0 Å². The van der Waals surface area contributed by atoms with Gasteiger partial charge in [-0.2, -0.15) is 0 Å². The van der Waals surface area contributed by atoms with E-state index in [9.17, 15) is 0 Å². The molecule has 0 amide bonds. The van der Waals surface area contributed by atoms with Gasteiger partial charge in [-0.3, -0.25) is 4.79 Å². The first-order valence-corrected chi connectivity index (χ1v) is 36.7. The van der Waals surface area contributed by atoms with E-state index in [4.69, 9.17) is 16.5 Å². The molecule has 0 radical (unpaired) electrons. The van der Waals surface area contributed by atoms with Crippen LogP contribution < -0.4 is 118 Å². The summed E-state index contributed by atoms with van der Waals surface area (Å²) in [5.74, 6) is 6.48. The largest absolute Gasteiger partial charge is 1.00 e. The van der Waals surface area contributed by atoms with Crippen LogP contribution in [0, 0.1) is 23.8 Å². The van der Waals surface area contributed by atoms with Gasteiger partial charge >= 0.3 is 103 Å². The normalized spacial score (nSPS) is 12.2. The Balaban J connectivity index is 0.000000277. The van der Waals surface area contributed by atoms with E-state index in [0.717, 1.165) is 52.5 Å². The summed E-state index contributed by atoms with van der Waals surface area (Å²) in [6.07, 6.45) is 20.2. The second-order valence-corrected chi connectivity index (χ2v) is 30.3. The topological polar surface area (TPSA) is 55.8 Å². The summed E-state index contributed by atoms with van der Waals surface area (Å²) < 4.78 is 0. The van der Waals surface area contributed by atoms with E-state index in [1.54, 1.807) is 0 Å². The maximum Gasteiger partial charge on any atom is 1.00 e. The molecule has 0 saturated heterocycles. The van der Waals surface area contributed by atoms with Crippen LogP contribution >= 0.6 is 0 Å². The molecule has 2 aliphatic rings. The molecule has 8 heteroatoms. The van der Waals surface area contributed by atoms with Gasteiger partial charge in [0, 0.05) is 56.1 Å². The molecule has 0 aromatic heterocycles. The van der Waals surface area contributed by atoms with Gasteiger partial charge in [0.1, 0.15) is 8.07 Å². The summed E-state index contributed by atoms with van der Waals surface area (Å²) in [5, 5.41) is 8.43. The fourth-order valence-corrected chi connectivity index (χ4v) is 14.3. The molecule has 474 valence electrons. The summed E-state index contributed by atoms with van der Waals surface area (Å²) in [6, 6.07) is 88.7. The fraction of sp³-hybridized carbons (Fsp3) is 0.253. The van der Waals surface area contributed by atoms with Crippen molar-refractivity contribution >= 4 is 48.7 Å². The van der Waals surface area contributed by atoms with Gasteiger partial charge in [-0.25, -0.2) is 0 Å². The zero-order chi connectivity index (χ0) is 64.5. The van der Waals surface area contributed by atoms with E-state index in [1.165, 1.54) is 137 Å². The number of unbranched alkanes of at least 4 members (excludes halogenated alkanes) is 4. The summed E-state index contributed by atoms with van der Waals surface area (Å²) >= 11 is 0. The minimum absolute atomic E-state index is 0. The number of hydrogen-bond acceptors (Lipinski definition) is 5. The monoisotopic (exact) mass is 1320 g/mol. The van der Waals surface area contributed by atoms with Crippen molar-refractivity contribution in [3.05, 3.63) is 276 Å². The maximum absolute atomic E-state index is 8.64. The number of rotatable bonds is 21. The van der Waals surface area contributed by atoms with Crippen LogP contribution in [-0.2, 0) is 20.5 Å². The molecule has 5 nitrogen and oxygen atoms in total. The summed E-state index contributed by atoms with van der Waals surface area (Å²) in [7, 11) is -1.47. The number of carbonyl (C=O) groups excluding carboxylic acids is 1. The molecule has 95 heavy (non-hydrogen) atoms. The van der Waals surface area contributed by atoms with E-state index in [1.807, 2.05) is 0 Å². The number of benzene rings is 10.